The number of carbonyl (C=O) groups is 2. The standard InChI is InChI=1S/C22H28N4O2/c1-25(2)15-12-24-21(27)18-9-13-26(14-10-18)22(28)19-8-11-23-20(16-19)17-6-4-3-5-7-17/h3-8,11,16,18H,9-10,12-15H2,1-2H3,(H,24,27). The van der Waals surface area contributed by atoms with Gasteiger partial charge in [0.2, 0.25) is 5.91 Å². The molecule has 3 rings (SSSR count). The second-order valence-corrected chi connectivity index (χ2v) is 7.46. The lowest BCUT2D eigenvalue weighted by Gasteiger charge is -2.31. The van der Waals surface area contributed by atoms with Crippen LogP contribution in [0.15, 0.2) is 48.7 Å². The third-order valence-electron chi connectivity index (χ3n) is 5.09. The highest BCUT2D eigenvalue weighted by Crippen LogP contribution is 2.21. The van der Waals surface area contributed by atoms with E-state index in [0.717, 1.165) is 17.8 Å². The summed E-state index contributed by atoms with van der Waals surface area (Å²) in [4.78, 5) is 33.5. The first-order valence-electron chi connectivity index (χ1n) is 9.78. The molecule has 0 aliphatic carbocycles. The SMILES string of the molecule is CN(C)CCNC(=O)C1CCN(C(=O)c2ccnc(-c3ccccc3)c2)CC1. The number of amides is 2. The molecule has 0 radical (unpaired) electrons. The molecule has 148 valence electrons. The molecule has 1 fully saturated rings. The number of benzene rings is 1. The summed E-state index contributed by atoms with van der Waals surface area (Å²) >= 11 is 0. The number of hydrogen-bond acceptors (Lipinski definition) is 4. The molecule has 1 aromatic heterocycles. The summed E-state index contributed by atoms with van der Waals surface area (Å²) in [5.41, 5.74) is 2.43. The van der Waals surface area contributed by atoms with Crippen LogP contribution in [-0.2, 0) is 4.79 Å². The molecule has 1 aliphatic rings. The minimum Gasteiger partial charge on any atom is -0.355 e. The maximum Gasteiger partial charge on any atom is 0.253 e. The fourth-order valence-corrected chi connectivity index (χ4v) is 3.40. The second-order valence-electron chi connectivity index (χ2n) is 7.46. The number of rotatable bonds is 6. The lowest BCUT2D eigenvalue weighted by atomic mass is 9.95. The Morgan fingerprint density at radius 2 is 1.86 bits per heavy atom. The molecule has 1 aromatic carbocycles. The maximum atomic E-state index is 12.9. The van der Waals surface area contributed by atoms with Crippen molar-refractivity contribution >= 4 is 11.8 Å². The van der Waals surface area contributed by atoms with Crippen LogP contribution < -0.4 is 5.32 Å². The largest absolute Gasteiger partial charge is 0.355 e. The van der Waals surface area contributed by atoms with E-state index in [9.17, 15) is 9.59 Å². The van der Waals surface area contributed by atoms with E-state index in [1.54, 1.807) is 12.3 Å². The van der Waals surface area contributed by atoms with Crippen LogP contribution in [0.5, 0.6) is 0 Å². The van der Waals surface area contributed by atoms with Crippen molar-refractivity contribution in [2.75, 3.05) is 40.3 Å². The topological polar surface area (TPSA) is 65.5 Å². The van der Waals surface area contributed by atoms with E-state index in [4.69, 9.17) is 0 Å². The minimum absolute atomic E-state index is 0.00560. The normalized spacial score (nSPS) is 14.9. The number of carbonyl (C=O) groups excluding carboxylic acids is 2. The van der Waals surface area contributed by atoms with Crippen molar-refractivity contribution in [1.29, 1.82) is 0 Å². The first-order chi connectivity index (χ1) is 13.5. The van der Waals surface area contributed by atoms with E-state index < -0.39 is 0 Å². The van der Waals surface area contributed by atoms with Crippen LogP contribution >= 0.6 is 0 Å². The average Bonchev–Trinajstić information content (AvgIpc) is 2.74. The number of piperidine rings is 1. The number of nitrogens with zero attached hydrogens (tertiary/aromatic N) is 3. The second kappa shape index (κ2) is 9.46. The predicted molar refractivity (Wildman–Crippen MR) is 110 cm³/mol. The van der Waals surface area contributed by atoms with E-state index in [1.807, 2.05) is 60.3 Å². The van der Waals surface area contributed by atoms with Gasteiger partial charge in [0, 0.05) is 49.4 Å². The monoisotopic (exact) mass is 380 g/mol. The minimum atomic E-state index is -0.0106. The summed E-state index contributed by atoms with van der Waals surface area (Å²) in [6, 6.07) is 13.4. The molecule has 1 saturated heterocycles. The molecule has 2 heterocycles. The van der Waals surface area contributed by atoms with E-state index in [1.165, 1.54) is 0 Å². The Kier molecular flexibility index (Phi) is 6.76. The van der Waals surface area contributed by atoms with Gasteiger partial charge in [-0.05, 0) is 39.1 Å². The Hall–Kier alpha value is -2.73. The highest BCUT2D eigenvalue weighted by atomic mass is 16.2. The Balaban J connectivity index is 1.56. The van der Waals surface area contributed by atoms with E-state index in [0.29, 0.717) is 38.0 Å². The highest BCUT2D eigenvalue weighted by molar-refractivity contribution is 5.95. The molecule has 0 atom stereocenters. The Bertz CT molecular complexity index is 799. The molecule has 2 amide bonds. The fourth-order valence-electron chi connectivity index (χ4n) is 3.40. The number of hydrogen-bond donors (Lipinski definition) is 1. The number of likely N-dealkylation sites (N-methyl/N-ethyl adjacent to an activating group) is 1. The highest BCUT2D eigenvalue weighted by Gasteiger charge is 2.27. The van der Waals surface area contributed by atoms with Gasteiger partial charge in [-0.3, -0.25) is 14.6 Å². The molecule has 6 heteroatoms. The third kappa shape index (κ3) is 5.16. The van der Waals surface area contributed by atoms with Crippen LogP contribution in [0.1, 0.15) is 23.2 Å². The first kappa shape index (κ1) is 20.0. The molecule has 0 spiro atoms. The molecular weight excluding hydrogens is 352 g/mol. The summed E-state index contributed by atoms with van der Waals surface area (Å²) < 4.78 is 0. The Morgan fingerprint density at radius 3 is 2.54 bits per heavy atom. The summed E-state index contributed by atoms with van der Waals surface area (Å²) in [6.45, 7) is 2.69. The lowest BCUT2D eigenvalue weighted by Crippen LogP contribution is -2.44. The molecule has 6 nitrogen and oxygen atoms in total. The van der Waals surface area contributed by atoms with Crippen molar-refractivity contribution in [3.63, 3.8) is 0 Å². The van der Waals surface area contributed by atoms with Crippen molar-refractivity contribution in [2.45, 2.75) is 12.8 Å². The van der Waals surface area contributed by atoms with Crippen molar-refractivity contribution in [3.05, 3.63) is 54.2 Å². The molecule has 0 unspecified atom stereocenters. The van der Waals surface area contributed by atoms with Crippen molar-refractivity contribution < 1.29 is 9.59 Å². The van der Waals surface area contributed by atoms with Crippen molar-refractivity contribution in [2.24, 2.45) is 5.92 Å². The lowest BCUT2D eigenvalue weighted by molar-refractivity contribution is -0.126. The molecular formula is C22H28N4O2. The molecule has 28 heavy (non-hydrogen) atoms. The first-order valence-corrected chi connectivity index (χ1v) is 9.78. The summed E-state index contributed by atoms with van der Waals surface area (Å²) in [6.07, 6.45) is 3.09. The Labute approximate surface area is 166 Å². The van der Waals surface area contributed by atoms with E-state index in [-0.39, 0.29) is 17.7 Å². The van der Waals surface area contributed by atoms with Gasteiger partial charge < -0.3 is 15.1 Å². The Morgan fingerprint density at radius 1 is 1.14 bits per heavy atom. The van der Waals surface area contributed by atoms with Gasteiger partial charge in [-0.25, -0.2) is 0 Å². The summed E-state index contributed by atoms with van der Waals surface area (Å²) in [5, 5.41) is 2.99. The van der Waals surface area contributed by atoms with Gasteiger partial charge in [0.15, 0.2) is 0 Å². The van der Waals surface area contributed by atoms with Crippen LogP contribution in [0.25, 0.3) is 11.3 Å². The van der Waals surface area contributed by atoms with Crippen molar-refractivity contribution in [3.8, 4) is 11.3 Å². The van der Waals surface area contributed by atoms with Crippen LogP contribution in [0.3, 0.4) is 0 Å². The zero-order valence-corrected chi connectivity index (χ0v) is 16.6. The average molecular weight is 380 g/mol. The number of aromatic nitrogens is 1. The van der Waals surface area contributed by atoms with Crippen LogP contribution in [-0.4, -0.2) is 66.9 Å². The van der Waals surface area contributed by atoms with Crippen LogP contribution in [0.2, 0.25) is 0 Å². The number of pyridine rings is 1. The van der Waals surface area contributed by atoms with Gasteiger partial charge in [-0.2, -0.15) is 0 Å². The van der Waals surface area contributed by atoms with Gasteiger partial charge in [0.05, 0.1) is 5.69 Å². The van der Waals surface area contributed by atoms with Crippen LogP contribution in [0, 0.1) is 5.92 Å². The molecule has 0 bridgehead atoms. The molecule has 0 saturated carbocycles. The molecule has 1 N–H and O–H groups in total. The maximum absolute atomic E-state index is 12.9. The van der Waals surface area contributed by atoms with Gasteiger partial charge >= 0.3 is 0 Å². The van der Waals surface area contributed by atoms with E-state index >= 15 is 0 Å². The number of nitrogens with one attached hydrogen (secondary N) is 1. The van der Waals surface area contributed by atoms with Gasteiger partial charge in [-0.15, -0.1) is 0 Å². The zero-order valence-electron chi connectivity index (χ0n) is 16.6. The van der Waals surface area contributed by atoms with Crippen molar-refractivity contribution in [1.82, 2.24) is 20.1 Å². The zero-order chi connectivity index (χ0) is 19.9. The van der Waals surface area contributed by atoms with E-state index in [2.05, 4.69) is 10.3 Å². The van der Waals surface area contributed by atoms with Gasteiger partial charge in [0.25, 0.3) is 5.91 Å². The quantitative estimate of drug-likeness (QED) is 0.835. The smallest absolute Gasteiger partial charge is 0.253 e. The third-order valence-corrected chi connectivity index (χ3v) is 5.09. The number of likely N-dealkylation sites (tertiary alicyclic amines) is 1. The molecule has 1 aliphatic heterocycles. The van der Waals surface area contributed by atoms with Gasteiger partial charge in [0.1, 0.15) is 0 Å². The van der Waals surface area contributed by atoms with Gasteiger partial charge in [-0.1, -0.05) is 30.3 Å². The van der Waals surface area contributed by atoms with Crippen LogP contribution in [0.4, 0.5) is 0 Å². The predicted octanol–water partition coefficient (Wildman–Crippen LogP) is 2.28. The fraction of sp³-hybridized carbons (Fsp3) is 0.409. The summed E-state index contributed by atoms with van der Waals surface area (Å²) in [5.74, 6) is 0.0961. The molecule has 2 aromatic rings. The summed E-state index contributed by atoms with van der Waals surface area (Å²) in [7, 11) is 3.97.